The number of nitrogens with zero attached hydrogens (tertiary/aromatic N) is 1. The first-order valence-electron chi connectivity index (χ1n) is 9.28. The molecule has 0 saturated carbocycles. The van der Waals surface area contributed by atoms with E-state index in [0.29, 0.717) is 11.3 Å². The van der Waals surface area contributed by atoms with E-state index in [0.717, 1.165) is 11.3 Å². The molecule has 0 spiro atoms. The molecule has 1 unspecified atom stereocenters. The van der Waals surface area contributed by atoms with Crippen LogP contribution in [0.2, 0.25) is 0 Å². The van der Waals surface area contributed by atoms with E-state index < -0.39 is 24.4 Å². The Hall–Kier alpha value is -3.48. The van der Waals surface area contributed by atoms with Gasteiger partial charge in [0.1, 0.15) is 0 Å². The van der Waals surface area contributed by atoms with E-state index in [1.165, 1.54) is 6.92 Å². The molecule has 0 aromatic heterocycles. The van der Waals surface area contributed by atoms with Crippen LogP contribution in [0.5, 0.6) is 0 Å². The van der Waals surface area contributed by atoms with Crippen molar-refractivity contribution in [3.8, 4) is 0 Å². The molecule has 2 amide bonds. The van der Waals surface area contributed by atoms with Gasteiger partial charge in [0.25, 0.3) is 5.91 Å². The zero-order chi connectivity index (χ0) is 21.0. The van der Waals surface area contributed by atoms with Crippen LogP contribution >= 0.6 is 0 Å². The SMILES string of the molecule is CC(=O)c1ccccc1NC(=O)COC(=O)C1CC(=O)N(c2ccc(C)cc2)C1. The van der Waals surface area contributed by atoms with Crippen LogP contribution in [0.25, 0.3) is 0 Å². The second-order valence-electron chi connectivity index (χ2n) is 7.00. The quantitative estimate of drug-likeness (QED) is 0.601. The van der Waals surface area contributed by atoms with Crippen LogP contribution in [-0.2, 0) is 19.1 Å². The van der Waals surface area contributed by atoms with Crippen LogP contribution < -0.4 is 10.2 Å². The smallest absolute Gasteiger partial charge is 0.311 e. The highest BCUT2D eigenvalue weighted by Crippen LogP contribution is 2.26. The Morgan fingerprint density at radius 1 is 1.10 bits per heavy atom. The maximum absolute atomic E-state index is 12.3. The van der Waals surface area contributed by atoms with Crippen molar-refractivity contribution >= 4 is 34.9 Å². The van der Waals surface area contributed by atoms with E-state index >= 15 is 0 Å². The Morgan fingerprint density at radius 3 is 2.48 bits per heavy atom. The summed E-state index contributed by atoms with van der Waals surface area (Å²) in [5.74, 6) is -2.11. The zero-order valence-electron chi connectivity index (χ0n) is 16.3. The molecule has 0 radical (unpaired) electrons. The Labute approximate surface area is 168 Å². The lowest BCUT2D eigenvalue weighted by Gasteiger charge is -2.16. The van der Waals surface area contributed by atoms with E-state index in [9.17, 15) is 19.2 Å². The molecule has 3 rings (SSSR count). The van der Waals surface area contributed by atoms with Crippen LogP contribution in [-0.4, -0.2) is 36.7 Å². The van der Waals surface area contributed by atoms with E-state index in [1.807, 2.05) is 31.2 Å². The molecule has 1 fully saturated rings. The van der Waals surface area contributed by atoms with E-state index in [-0.39, 0.29) is 24.7 Å². The van der Waals surface area contributed by atoms with Gasteiger partial charge in [-0.15, -0.1) is 0 Å². The number of ether oxygens (including phenoxy) is 1. The predicted molar refractivity (Wildman–Crippen MR) is 108 cm³/mol. The first-order chi connectivity index (χ1) is 13.8. The number of amides is 2. The predicted octanol–water partition coefficient (Wildman–Crippen LogP) is 2.73. The molecule has 0 aliphatic carbocycles. The molecule has 1 N–H and O–H groups in total. The molecule has 1 aliphatic rings. The summed E-state index contributed by atoms with van der Waals surface area (Å²) in [4.78, 5) is 49.9. The Morgan fingerprint density at radius 2 is 1.79 bits per heavy atom. The number of Topliss-reactive ketones (excluding diaryl/α,β-unsaturated/α-hetero) is 1. The van der Waals surface area contributed by atoms with E-state index in [4.69, 9.17) is 4.74 Å². The highest BCUT2D eigenvalue weighted by Gasteiger charge is 2.36. The minimum Gasteiger partial charge on any atom is -0.455 e. The molecule has 29 heavy (non-hydrogen) atoms. The Balaban J connectivity index is 1.54. The van der Waals surface area contributed by atoms with Gasteiger partial charge in [0.15, 0.2) is 12.4 Å². The molecule has 150 valence electrons. The summed E-state index contributed by atoms with van der Waals surface area (Å²) in [7, 11) is 0. The summed E-state index contributed by atoms with van der Waals surface area (Å²) in [6.45, 7) is 3.09. The molecular formula is C22H22N2O5. The minimum atomic E-state index is -0.624. The molecule has 2 aromatic rings. The van der Waals surface area contributed by atoms with Crippen molar-refractivity contribution in [2.75, 3.05) is 23.4 Å². The van der Waals surface area contributed by atoms with Crippen molar-refractivity contribution in [2.45, 2.75) is 20.3 Å². The summed E-state index contributed by atoms with van der Waals surface area (Å²) < 4.78 is 5.10. The van der Waals surface area contributed by atoms with Crippen LogP contribution in [0.3, 0.4) is 0 Å². The molecular weight excluding hydrogens is 372 g/mol. The largest absolute Gasteiger partial charge is 0.455 e. The van der Waals surface area contributed by atoms with Gasteiger partial charge >= 0.3 is 5.97 Å². The normalized spacial score (nSPS) is 15.9. The van der Waals surface area contributed by atoms with Gasteiger partial charge in [-0.05, 0) is 38.1 Å². The number of benzene rings is 2. The number of anilines is 2. The highest BCUT2D eigenvalue weighted by atomic mass is 16.5. The zero-order valence-corrected chi connectivity index (χ0v) is 16.3. The van der Waals surface area contributed by atoms with Crippen LogP contribution in [0.15, 0.2) is 48.5 Å². The van der Waals surface area contributed by atoms with E-state index in [1.54, 1.807) is 29.2 Å². The number of carbonyl (C=O) groups excluding carboxylic acids is 4. The monoisotopic (exact) mass is 394 g/mol. The standard InChI is InChI=1S/C22H22N2O5/c1-14-7-9-17(10-8-14)24-12-16(11-21(24)27)22(28)29-13-20(26)23-19-6-4-3-5-18(19)15(2)25/h3-10,16H,11-13H2,1-2H3,(H,23,26). The van der Waals surface area contributed by atoms with Gasteiger partial charge < -0.3 is 15.0 Å². The van der Waals surface area contributed by atoms with E-state index in [2.05, 4.69) is 5.32 Å². The fourth-order valence-corrected chi connectivity index (χ4v) is 3.18. The average Bonchev–Trinajstić information content (AvgIpc) is 3.09. The van der Waals surface area contributed by atoms with Crippen LogP contribution in [0.4, 0.5) is 11.4 Å². The van der Waals surface area contributed by atoms with Crippen molar-refractivity contribution in [2.24, 2.45) is 5.92 Å². The van der Waals surface area contributed by atoms with Gasteiger partial charge in [-0.2, -0.15) is 0 Å². The van der Waals surface area contributed by atoms with Crippen LogP contribution in [0.1, 0.15) is 29.3 Å². The third kappa shape index (κ3) is 4.87. The summed E-state index contributed by atoms with van der Waals surface area (Å²) >= 11 is 0. The molecule has 1 heterocycles. The summed E-state index contributed by atoms with van der Waals surface area (Å²) in [5, 5.41) is 2.57. The molecule has 1 aliphatic heterocycles. The summed E-state index contributed by atoms with van der Waals surface area (Å²) in [6.07, 6.45) is 0.0432. The number of esters is 1. The molecule has 2 aromatic carbocycles. The number of para-hydroxylation sites is 1. The van der Waals surface area contributed by atoms with Crippen molar-refractivity contribution in [1.29, 1.82) is 0 Å². The molecule has 1 atom stereocenters. The minimum absolute atomic E-state index is 0.0432. The molecule has 0 bridgehead atoms. The maximum atomic E-state index is 12.3. The van der Waals surface area contributed by atoms with Gasteiger partial charge in [0.2, 0.25) is 5.91 Å². The molecule has 7 nitrogen and oxygen atoms in total. The third-order valence-corrected chi connectivity index (χ3v) is 4.73. The van der Waals surface area contributed by atoms with Gasteiger partial charge in [-0.3, -0.25) is 19.2 Å². The van der Waals surface area contributed by atoms with Crippen LogP contribution in [0, 0.1) is 12.8 Å². The Kier molecular flexibility index (Phi) is 6.07. The van der Waals surface area contributed by atoms with Crippen molar-refractivity contribution in [3.63, 3.8) is 0 Å². The summed E-state index contributed by atoms with van der Waals surface area (Å²) in [6, 6.07) is 14.1. The average molecular weight is 394 g/mol. The number of hydrogen-bond acceptors (Lipinski definition) is 5. The van der Waals surface area contributed by atoms with Crippen molar-refractivity contribution in [1.82, 2.24) is 0 Å². The number of carbonyl (C=O) groups is 4. The van der Waals surface area contributed by atoms with Gasteiger partial charge in [-0.25, -0.2) is 0 Å². The lowest BCUT2D eigenvalue weighted by atomic mass is 10.1. The van der Waals surface area contributed by atoms with Crippen molar-refractivity contribution in [3.05, 3.63) is 59.7 Å². The van der Waals surface area contributed by atoms with Gasteiger partial charge in [-0.1, -0.05) is 29.8 Å². The maximum Gasteiger partial charge on any atom is 0.311 e. The first kappa shape index (κ1) is 20.3. The second-order valence-corrected chi connectivity index (χ2v) is 7.00. The number of hydrogen-bond donors (Lipinski definition) is 1. The first-order valence-corrected chi connectivity index (χ1v) is 9.28. The summed E-state index contributed by atoms with van der Waals surface area (Å²) in [5.41, 5.74) is 2.55. The fraction of sp³-hybridized carbons (Fsp3) is 0.273. The number of nitrogens with one attached hydrogen (secondary N) is 1. The van der Waals surface area contributed by atoms with Gasteiger partial charge in [0, 0.05) is 24.2 Å². The lowest BCUT2D eigenvalue weighted by molar-refractivity contribution is -0.151. The highest BCUT2D eigenvalue weighted by molar-refractivity contribution is 6.04. The lowest BCUT2D eigenvalue weighted by Crippen LogP contribution is -2.28. The number of ketones is 1. The topological polar surface area (TPSA) is 92.8 Å². The molecule has 1 saturated heterocycles. The number of rotatable bonds is 6. The fourth-order valence-electron chi connectivity index (χ4n) is 3.18. The van der Waals surface area contributed by atoms with Gasteiger partial charge in [0.05, 0.1) is 11.6 Å². The van der Waals surface area contributed by atoms with Crippen molar-refractivity contribution < 1.29 is 23.9 Å². The Bertz CT molecular complexity index is 952. The third-order valence-electron chi connectivity index (χ3n) is 4.73. The number of aryl methyl sites for hydroxylation is 1. The molecule has 7 heteroatoms. The second kappa shape index (κ2) is 8.68.